The lowest BCUT2D eigenvalue weighted by Crippen LogP contribution is -2.26. The normalized spacial score (nSPS) is 15.5. The average Bonchev–Trinajstić information content (AvgIpc) is 1.62. The Kier molecular flexibility index (Phi) is 2.16. The molecule has 0 aliphatic rings. The number of nitrogens with one attached hydrogen (secondary N) is 1. The molecule has 0 saturated carbocycles. The zero-order chi connectivity index (χ0) is 6.78. The van der Waals surface area contributed by atoms with Crippen molar-refractivity contribution in [3.63, 3.8) is 0 Å². The summed E-state index contributed by atoms with van der Waals surface area (Å²) in [4.78, 5) is 0. The van der Waals surface area contributed by atoms with Crippen LogP contribution in [0.1, 0.15) is 20.8 Å². The average molecular weight is 115 g/mol. The molecule has 2 nitrogen and oxygen atoms in total. The van der Waals surface area contributed by atoms with Crippen LogP contribution in [0.4, 0.5) is 0 Å². The van der Waals surface area contributed by atoms with E-state index in [0.29, 0.717) is 0 Å². The van der Waals surface area contributed by atoms with Crippen molar-refractivity contribution in [2.75, 3.05) is 0 Å². The molecule has 0 amide bonds. The van der Waals surface area contributed by atoms with Gasteiger partial charge in [0.25, 0.3) is 0 Å². The molecule has 8 heavy (non-hydrogen) atoms. The van der Waals surface area contributed by atoms with Gasteiger partial charge >= 0.3 is 0 Å². The van der Waals surface area contributed by atoms with Gasteiger partial charge in [0.15, 0.2) is 0 Å². The molecule has 1 atom stereocenters. The highest BCUT2D eigenvalue weighted by atomic mass is 16.3. The Bertz CT molecular complexity index is 83.0. The van der Waals surface area contributed by atoms with Crippen LogP contribution in [-0.2, 0) is 0 Å². The number of rotatable bonds is 1. The van der Waals surface area contributed by atoms with Gasteiger partial charge in [0.1, 0.15) is 0 Å². The Morgan fingerprint density at radius 3 is 1.88 bits per heavy atom. The fourth-order valence-corrected chi connectivity index (χ4v) is 0.250. The van der Waals surface area contributed by atoms with Crippen LogP contribution in [0.5, 0.6) is 0 Å². The Morgan fingerprint density at radius 2 is 1.88 bits per heavy atom. The van der Waals surface area contributed by atoms with E-state index in [1.54, 1.807) is 0 Å². The van der Waals surface area contributed by atoms with Crippen LogP contribution in [0.15, 0.2) is 0 Å². The summed E-state index contributed by atoms with van der Waals surface area (Å²) in [6.45, 7) is 5.67. The van der Waals surface area contributed by atoms with Gasteiger partial charge in [0.05, 0.1) is 6.10 Å². The molecule has 2 heteroatoms. The Hall–Kier alpha value is -0.370. The first-order chi connectivity index (χ1) is 3.48. The molecule has 0 aromatic rings. The second-order valence-electron chi connectivity index (χ2n) is 2.98. The molecule has 0 aromatic carbocycles. The van der Waals surface area contributed by atoms with E-state index in [1.165, 1.54) is 0 Å². The summed E-state index contributed by atoms with van der Waals surface area (Å²) in [6, 6.07) is 0. The van der Waals surface area contributed by atoms with Crippen LogP contribution >= 0.6 is 0 Å². The van der Waals surface area contributed by atoms with Crippen molar-refractivity contribution in [1.29, 1.82) is 5.41 Å². The van der Waals surface area contributed by atoms with E-state index in [4.69, 9.17) is 10.5 Å². The molecule has 1 unspecified atom stereocenters. The quantitative estimate of drug-likeness (QED) is 0.493. The van der Waals surface area contributed by atoms with E-state index in [1.807, 2.05) is 20.8 Å². The van der Waals surface area contributed by atoms with Crippen LogP contribution in [0.2, 0.25) is 0 Å². The van der Waals surface area contributed by atoms with E-state index in [0.717, 1.165) is 6.21 Å². The largest absolute Gasteiger partial charge is 0.387 e. The molecule has 0 aliphatic heterocycles. The van der Waals surface area contributed by atoms with Gasteiger partial charge in [-0.25, -0.2) is 0 Å². The predicted molar refractivity (Wildman–Crippen MR) is 34.2 cm³/mol. The number of aliphatic hydroxyl groups is 1. The van der Waals surface area contributed by atoms with E-state index in [2.05, 4.69) is 0 Å². The molecular formula is C6H13NO. The first-order valence-electron chi connectivity index (χ1n) is 2.67. The van der Waals surface area contributed by atoms with Crippen LogP contribution in [-0.4, -0.2) is 17.4 Å². The minimum atomic E-state index is -0.609. The third-order valence-corrected chi connectivity index (χ3v) is 1.05. The molecule has 0 fully saturated rings. The lowest BCUT2D eigenvalue weighted by atomic mass is 9.90. The second-order valence-corrected chi connectivity index (χ2v) is 2.98. The smallest absolute Gasteiger partial charge is 0.0932 e. The van der Waals surface area contributed by atoms with E-state index in [-0.39, 0.29) is 5.41 Å². The lowest BCUT2D eigenvalue weighted by Gasteiger charge is -2.21. The van der Waals surface area contributed by atoms with Gasteiger partial charge in [-0.2, -0.15) is 0 Å². The monoisotopic (exact) mass is 115 g/mol. The van der Waals surface area contributed by atoms with Crippen LogP contribution in [0.25, 0.3) is 0 Å². The van der Waals surface area contributed by atoms with Gasteiger partial charge in [0.2, 0.25) is 0 Å². The van der Waals surface area contributed by atoms with Crippen molar-refractivity contribution >= 4 is 6.21 Å². The molecule has 0 saturated heterocycles. The van der Waals surface area contributed by atoms with Gasteiger partial charge in [-0.3, -0.25) is 0 Å². The molecule has 0 radical (unpaired) electrons. The maximum atomic E-state index is 8.95. The Labute approximate surface area is 50.0 Å². The van der Waals surface area contributed by atoms with Crippen molar-refractivity contribution in [2.24, 2.45) is 5.41 Å². The minimum absolute atomic E-state index is 0.179. The third-order valence-electron chi connectivity index (χ3n) is 1.05. The van der Waals surface area contributed by atoms with E-state index >= 15 is 0 Å². The summed E-state index contributed by atoms with van der Waals surface area (Å²) < 4.78 is 0. The van der Waals surface area contributed by atoms with Gasteiger partial charge in [-0.05, 0) is 5.41 Å². The standard InChI is InChI=1S/C6H13NO/c1-6(2,3)5(8)4-7/h4-5,7-8H,1-3H3. The summed E-state index contributed by atoms with van der Waals surface area (Å²) in [5.41, 5.74) is -0.179. The number of aliphatic hydroxyl groups excluding tert-OH is 1. The van der Waals surface area contributed by atoms with Crippen LogP contribution in [0.3, 0.4) is 0 Å². The molecule has 2 N–H and O–H groups in total. The molecule has 48 valence electrons. The predicted octanol–water partition coefficient (Wildman–Crippen LogP) is 1.04. The summed E-state index contributed by atoms with van der Waals surface area (Å²) in [5.74, 6) is 0. The Balaban J connectivity index is 3.80. The van der Waals surface area contributed by atoms with Gasteiger partial charge in [-0.1, -0.05) is 20.8 Å². The van der Waals surface area contributed by atoms with Gasteiger partial charge in [-0.15, -0.1) is 0 Å². The topological polar surface area (TPSA) is 44.1 Å². The summed E-state index contributed by atoms with van der Waals surface area (Å²) in [7, 11) is 0. The van der Waals surface area contributed by atoms with Crippen molar-refractivity contribution in [2.45, 2.75) is 26.9 Å². The fourth-order valence-electron chi connectivity index (χ4n) is 0.250. The maximum absolute atomic E-state index is 8.95. The summed E-state index contributed by atoms with van der Waals surface area (Å²) in [5, 5.41) is 15.6. The number of hydrogen-bond donors (Lipinski definition) is 2. The van der Waals surface area contributed by atoms with E-state index in [9.17, 15) is 0 Å². The van der Waals surface area contributed by atoms with Crippen molar-refractivity contribution in [3.8, 4) is 0 Å². The highest BCUT2D eigenvalue weighted by Crippen LogP contribution is 2.16. The zero-order valence-electron chi connectivity index (χ0n) is 5.60. The van der Waals surface area contributed by atoms with Gasteiger partial charge in [0, 0.05) is 6.21 Å². The molecule has 0 aromatic heterocycles. The molecule has 0 bridgehead atoms. The minimum Gasteiger partial charge on any atom is -0.387 e. The molecule has 0 spiro atoms. The summed E-state index contributed by atoms with van der Waals surface area (Å²) >= 11 is 0. The molecule has 0 aliphatic carbocycles. The molecule has 0 rings (SSSR count). The first-order valence-corrected chi connectivity index (χ1v) is 2.67. The summed E-state index contributed by atoms with van der Waals surface area (Å²) in [6.07, 6.45) is 0.447. The maximum Gasteiger partial charge on any atom is 0.0932 e. The lowest BCUT2D eigenvalue weighted by molar-refractivity contribution is 0.126. The fraction of sp³-hybridized carbons (Fsp3) is 0.833. The first kappa shape index (κ1) is 7.63. The van der Waals surface area contributed by atoms with Crippen molar-refractivity contribution < 1.29 is 5.11 Å². The van der Waals surface area contributed by atoms with Crippen molar-refractivity contribution in [1.82, 2.24) is 0 Å². The molecule has 0 heterocycles. The number of hydrogen-bond acceptors (Lipinski definition) is 2. The van der Waals surface area contributed by atoms with Gasteiger partial charge < -0.3 is 10.5 Å². The molecular weight excluding hydrogens is 102 g/mol. The Morgan fingerprint density at radius 1 is 1.50 bits per heavy atom. The second kappa shape index (κ2) is 2.27. The van der Waals surface area contributed by atoms with Crippen LogP contribution < -0.4 is 0 Å². The van der Waals surface area contributed by atoms with Crippen molar-refractivity contribution in [3.05, 3.63) is 0 Å². The van der Waals surface area contributed by atoms with E-state index < -0.39 is 6.10 Å². The zero-order valence-corrected chi connectivity index (χ0v) is 5.60. The third kappa shape index (κ3) is 2.07. The highest BCUT2D eigenvalue weighted by molar-refractivity contribution is 5.59. The highest BCUT2D eigenvalue weighted by Gasteiger charge is 2.18. The van der Waals surface area contributed by atoms with Crippen LogP contribution in [0, 0.1) is 10.8 Å². The SMILES string of the molecule is CC(C)(C)C(O)C=N.